The van der Waals surface area contributed by atoms with Crippen LogP contribution in [0.25, 0.3) is 0 Å². The van der Waals surface area contributed by atoms with Gasteiger partial charge >= 0.3 is 6.61 Å². The number of ketones is 1. The van der Waals surface area contributed by atoms with Gasteiger partial charge in [0.1, 0.15) is 11.6 Å². The number of halogens is 3. The normalized spacial score (nSPS) is 12.3. The van der Waals surface area contributed by atoms with Crippen LogP contribution in [-0.4, -0.2) is 12.4 Å². The number of benzene rings is 1. The summed E-state index contributed by atoms with van der Waals surface area (Å²) in [4.78, 5) is 10.9. The Morgan fingerprint density at radius 1 is 1.43 bits per heavy atom. The van der Waals surface area contributed by atoms with Crippen LogP contribution >= 0.6 is 0 Å². The molecule has 0 radical (unpaired) electrons. The zero-order valence-corrected chi connectivity index (χ0v) is 7.26. The van der Waals surface area contributed by atoms with Gasteiger partial charge in [0.25, 0.3) is 0 Å². The Morgan fingerprint density at radius 2 is 2.07 bits per heavy atom. The van der Waals surface area contributed by atoms with Gasteiger partial charge in [-0.1, -0.05) is 0 Å². The largest absolute Gasteiger partial charge is 0.434 e. The highest BCUT2D eigenvalue weighted by Gasteiger charge is 2.13. The van der Waals surface area contributed by atoms with Crippen LogP contribution in [0.2, 0.25) is 0 Å². The van der Waals surface area contributed by atoms with Crippen LogP contribution in [0.4, 0.5) is 13.2 Å². The lowest BCUT2D eigenvalue weighted by molar-refractivity contribution is -0.0501. The molecule has 0 fully saturated rings. The average Bonchev–Trinajstić information content (AvgIpc) is 2.07. The van der Waals surface area contributed by atoms with E-state index < -0.39 is 18.2 Å². The maximum atomic E-state index is 12.6. The van der Waals surface area contributed by atoms with Crippen molar-refractivity contribution < 1.29 is 22.7 Å². The van der Waals surface area contributed by atoms with E-state index in [1.54, 1.807) is 0 Å². The summed E-state index contributed by atoms with van der Waals surface area (Å²) in [5.41, 5.74) is -0.190. The Morgan fingerprint density at radius 3 is 2.57 bits per heavy atom. The molecule has 1 rings (SSSR count). The number of alkyl halides is 2. The predicted octanol–water partition coefficient (Wildman–Crippen LogP) is 2.63. The maximum Gasteiger partial charge on any atom is 0.387 e. The van der Waals surface area contributed by atoms with Gasteiger partial charge in [-0.25, -0.2) is 4.39 Å². The molecule has 0 bridgehead atoms. The molecular formula is C9H7F3O2. The molecule has 1 atom stereocenters. The first-order chi connectivity index (χ1) is 6.50. The highest BCUT2D eigenvalue weighted by atomic mass is 19.2. The summed E-state index contributed by atoms with van der Waals surface area (Å²) in [6, 6.07) is 2.81. The summed E-state index contributed by atoms with van der Waals surface area (Å²) in [7, 11) is 0. The first-order valence-electron chi connectivity index (χ1n) is 3.76. The summed E-state index contributed by atoms with van der Waals surface area (Å²) >= 11 is 0. The lowest BCUT2D eigenvalue weighted by Crippen LogP contribution is -2.06. The standard InChI is InChI=1S/C9H7F3O2/c1-5(13)7-4-6(10)2-3-8(7)14-9(11)12/h2-4,9H,1H3/i11-1. The van der Waals surface area contributed by atoms with Gasteiger partial charge in [0.05, 0.1) is 5.56 Å². The summed E-state index contributed by atoms with van der Waals surface area (Å²) < 4.78 is 40.4. The molecule has 14 heavy (non-hydrogen) atoms. The molecule has 1 aromatic rings. The van der Waals surface area contributed by atoms with Crippen LogP contribution in [0.15, 0.2) is 18.2 Å². The summed E-state index contributed by atoms with van der Waals surface area (Å²) in [6.07, 6.45) is 0. The Labute approximate surface area is 78.3 Å². The molecule has 2 nitrogen and oxygen atoms in total. The fourth-order valence-electron chi connectivity index (χ4n) is 0.976. The lowest BCUT2D eigenvalue weighted by Gasteiger charge is -2.07. The van der Waals surface area contributed by atoms with Gasteiger partial charge in [0.15, 0.2) is 5.78 Å². The molecule has 76 valence electrons. The Bertz CT molecular complexity index is 350. The molecule has 0 amide bonds. The average molecular weight is 203 g/mol. The van der Waals surface area contributed by atoms with Crippen LogP contribution in [0, 0.1) is 5.82 Å². The van der Waals surface area contributed by atoms with Gasteiger partial charge in [-0.3, -0.25) is 4.79 Å². The van der Waals surface area contributed by atoms with Crippen molar-refractivity contribution in [3.63, 3.8) is 0 Å². The molecule has 0 saturated heterocycles. The predicted molar refractivity (Wildman–Crippen MR) is 43.0 cm³/mol. The van der Waals surface area contributed by atoms with Gasteiger partial charge in [-0.15, -0.1) is 0 Å². The third-order valence-electron chi connectivity index (χ3n) is 1.54. The van der Waals surface area contributed by atoms with Crippen molar-refractivity contribution in [3.8, 4) is 5.75 Å². The Kier molecular flexibility index (Phi) is 3.11. The molecule has 0 saturated carbocycles. The van der Waals surface area contributed by atoms with Crippen molar-refractivity contribution in [3.05, 3.63) is 29.6 Å². The van der Waals surface area contributed by atoms with E-state index in [-0.39, 0.29) is 11.3 Å². The molecule has 0 spiro atoms. The van der Waals surface area contributed by atoms with Crippen molar-refractivity contribution in [2.75, 3.05) is 0 Å². The molecule has 1 aromatic carbocycles. The van der Waals surface area contributed by atoms with E-state index in [0.29, 0.717) is 0 Å². The quantitative estimate of drug-likeness (QED) is 0.706. The van der Waals surface area contributed by atoms with Crippen LogP contribution in [-0.2, 0) is 0 Å². The number of hydrogen-bond donors (Lipinski definition) is 0. The zero-order valence-electron chi connectivity index (χ0n) is 7.26. The van der Waals surface area contributed by atoms with Crippen molar-refractivity contribution in [2.45, 2.75) is 13.5 Å². The molecule has 0 aliphatic heterocycles. The molecule has 0 N–H and O–H groups in total. The minimum atomic E-state index is -3.03. The minimum Gasteiger partial charge on any atom is -0.434 e. The summed E-state index contributed by atoms with van der Waals surface area (Å²) in [6.45, 7) is -1.88. The zero-order chi connectivity index (χ0) is 10.7. The second-order valence-electron chi connectivity index (χ2n) is 2.58. The van der Waals surface area contributed by atoms with Crippen LogP contribution in [0.5, 0.6) is 5.75 Å². The number of hydrogen-bond acceptors (Lipinski definition) is 2. The van der Waals surface area contributed by atoms with E-state index in [1.807, 2.05) is 0 Å². The fourth-order valence-corrected chi connectivity index (χ4v) is 0.976. The summed E-state index contributed by atoms with van der Waals surface area (Å²) in [5.74, 6) is -1.51. The molecule has 0 heterocycles. The first-order valence-corrected chi connectivity index (χ1v) is 3.76. The van der Waals surface area contributed by atoms with Crippen molar-refractivity contribution in [1.29, 1.82) is 0 Å². The SMILES string of the molecule is CC(=O)c1cc(F)ccc1OC(F)[18F]. The molecule has 0 aliphatic carbocycles. The van der Waals surface area contributed by atoms with Crippen LogP contribution < -0.4 is 4.74 Å². The molecular weight excluding hydrogens is 196 g/mol. The molecule has 1 unspecified atom stereocenters. The Balaban J connectivity index is 3.08. The first kappa shape index (κ1) is 10.6. The fraction of sp³-hybridized carbons (Fsp3) is 0.222. The summed E-state index contributed by atoms with van der Waals surface area (Å²) in [5, 5.41) is 0. The number of Topliss-reactive ketones (excluding diaryl/α,β-unsaturated/α-hetero) is 1. The second-order valence-corrected chi connectivity index (χ2v) is 2.58. The highest BCUT2D eigenvalue weighted by Crippen LogP contribution is 2.21. The van der Waals surface area contributed by atoms with Crippen molar-refractivity contribution in [2.24, 2.45) is 0 Å². The highest BCUT2D eigenvalue weighted by molar-refractivity contribution is 5.96. The Hall–Kier alpha value is -1.52. The maximum absolute atomic E-state index is 12.6. The number of carbonyl (C=O) groups excluding carboxylic acids is 1. The topological polar surface area (TPSA) is 26.3 Å². The number of ether oxygens (including phenoxy) is 1. The van der Waals surface area contributed by atoms with E-state index >= 15 is 0 Å². The molecule has 0 aliphatic rings. The lowest BCUT2D eigenvalue weighted by atomic mass is 10.1. The van der Waals surface area contributed by atoms with E-state index in [0.717, 1.165) is 25.1 Å². The third-order valence-corrected chi connectivity index (χ3v) is 1.54. The van der Waals surface area contributed by atoms with E-state index in [2.05, 4.69) is 4.74 Å². The molecule has 0 aromatic heterocycles. The van der Waals surface area contributed by atoms with E-state index in [9.17, 15) is 18.0 Å². The number of carbonyl (C=O) groups is 1. The van der Waals surface area contributed by atoms with Gasteiger partial charge < -0.3 is 4.74 Å². The van der Waals surface area contributed by atoms with Gasteiger partial charge in [0, 0.05) is 0 Å². The van der Waals surface area contributed by atoms with Gasteiger partial charge in [-0.05, 0) is 25.1 Å². The van der Waals surface area contributed by atoms with Crippen molar-refractivity contribution in [1.82, 2.24) is 0 Å². The van der Waals surface area contributed by atoms with Gasteiger partial charge in [0.2, 0.25) is 0 Å². The van der Waals surface area contributed by atoms with Crippen LogP contribution in [0.1, 0.15) is 17.3 Å². The van der Waals surface area contributed by atoms with E-state index in [1.165, 1.54) is 0 Å². The van der Waals surface area contributed by atoms with E-state index in [4.69, 9.17) is 0 Å². The third kappa shape index (κ3) is 2.48. The smallest absolute Gasteiger partial charge is 0.387 e. The van der Waals surface area contributed by atoms with Gasteiger partial charge in [-0.2, -0.15) is 8.78 Å². The minimum absolute atomic E-state index is 0.190. The van der Waals surface area contributed by atoms with Crippen molar-refractivity contribution >= 4 is 5.78 Å². The van der Waals surface area contributed by atoms with Crippen LogP contribution in [0.3, 0.4) is 0 Å². The second kappa shape index (κ2) is 4.13. The molecule has 5 heteroatoms. The monoisotopic (exact) mass is 203 g/mol. The number of rotatable bonds is 3.